The summed E-state index contributed by atoms with van der Waals surface area (Å²) in [5.41, 5.74) is 0. The minimum absolute atomic E-state index is 0.0613. The Morgan fingerprint density at radius 2 is 2.22 bits per heavy atom. The highest BCUT2D eigenvalue weighted by atomic mass is 16.4. The second-order valence-electron chi connectivity index (χ2n) is 4.28. The number of likely N-dealkylation sites (tertiary alicyclic amines) is 1. The molecule has 9 heteroatoms. The van der Waals surface area contributed by atoms with E-state index in [0.717, 1.165) is 0 Å². The van der Waals surface area contributed by atoms with E-state index in [-0.39, 0.29) is 11.9 Å². The van der Waals surface area contributed by atoms with Crippen LogP contribution in [0.4, 0.5) is 10.7 Å². The molecule has 1 aromatic rings. The van der Waals surface area contributed by atoms with Crippen molar-refractivity contribution in [2.45, 2.75) is 19.4 Å². The van der Waals surface area contributed by atoms with Gasteiger partial charge in [-0.15, -0.1) is 5.10 Å². The predicted molar refractivity (Wildman–Crippen MR) is 59.7 cm³/mol. The van der Waals surface area contributed by atoms with E-state index < -0.39 is 18.0 Å². The number of aliphatic carboxylic acids is 1. The molecular formula is C9H14N6O3. The van der Waals surface area contributed by atoms with Crippen LogP contribution in [-0.2, 0) is 11.8 Å². The Kier molecular flexibility index (Phi) is 3.13. The summed E-state index contributed by atoms with van der Waals surface area (Å²) in [4.78, 5) is 25.5. The number of hydrogen-bond acceptors (Lipinski definition) is 5. The molecule has 2 rings (SSSR count). The molecule has 9 nitrogen and oxygen atoms in total. The molecule has 18 heavy (non-hydrogen) atoms. The minimum Gasteiger partial charge on any atom is -0.480 e. The topological polar surface area (TPSA) is 113 Å². The van der Waals surface area contributed by atoms with Crippen LogP contribution in [0.5, 0.6) is 0 Å². The van der Waals surface area contributed by atoms with Gasteiger partial charge in [0.15, 0.2) is 0 Å². The van der Waals surface area contributed by atoms with Crippen molar-refractivity contribution in [1.29, 1.82) is 0 Å². The third kappa shape index (κ3) is 2.24. The number of carbonyl (C=O) groups is 2. The molecule has 0 saturated carbocycles. The first-order valence-electron chi connectivity index (χ1n) is 5.53. The van der Waals surface area contributed by atoms with Crippen LogP contribution in [0.15, 0.2) is 0 Å². The van der Waals surface area contributed by atoms with Crippen LogP contribution < -0.4 is 5.32 Å². The number of rotatable bonds is 2. The van der Waals surface area contributed by atoms with Crippen LogP contribution >= 0.6 is 0 Å². The molecule has 2 N–H and O–H groups in total. The van der Waals surface area contributed by atoms with Crippen LogP contribution in [0.1, 0.15) is 13.3 Å². The molecule has 0 aliphatic carbocycles. The van der Waals surface area contributed by atoms with E-state index in [0.29, 0.717) is 13.0 Å². The monoisotopic (exact) mass is 254 g/mol. The molecule has 2 heterocycles. The number of aryl methyl sites for hydroxylation is 1. The lowest BCUT2D eigenvalue weighted by atomic mass is 10.0. The molecule has 1 aliphatic rings. The summed E-state index contributed by atoms with van der Waals surface area (Å²) in [5, 5.41) is 22.5. The zero-order chi connectivity index (χ0) is 13.3. The summed E-state index contributed by atoms with van der Waals surface area (Å²) >= 11 is 0. The molecule has 1 fully saturated rings. The average Bonchev–Trinajstić information content (AvgIpc) is 2.84. The normalized spacial score (nSPS) is 23.1. The molecule has 2 unspecified atom stereocenters. The number of amides is 2. The van der Waals surface area contributed by atoms with Crippen LogP contribution in [0, 0.1) is 5.92 Å². The van der Waals surface area contributed by atoms with Gasteiger partial charge in [0.1, 0.15) is 6.04 Å². The Balaban J connectivity index is 2.07. The van der Waals surface area contributed by atoms with E-state index in [4.69, 9.17) is 5.11 Å². The van der Waals surface area contributed by atoms with E-state index in [1.54, 1.807) is 7.05 Å². The van der Waals surface area contributed by atoms with Crippen molar-refractivity contribution in [3.63, 3.8) is 0 Å². The molecule has 0 spiro atoms. The Labute approximate surface area is 103 Å². The summed E-state index contributed by atoms with van der Waals surface area (Å²) in [6.45, 7) is 2.22. The fraction of sp³-hybridized carbons (Fsp3) is 0.667. The highest BCUT2D eigenvalue weighted by molar-refractivity contribution is 5.91. The largest absolute Gasteiger partial charge is 0.480 e. The predicted octanol–water partition coefficient (Wildman–Crippen LogP) is -0.463. The van der Waals surface area contributed by atoms with Crippen molar-refractivity contribution in [3.8, 4) is 0 Å². The molecular weight excluding hydrogens is 240 g/mol. The number of carboxylic acids is 1. The highest BCUT2D eigenvalue weighted by Crippen LogP contribution is 2.24. The van der Waals surface area contributed by atoms with Gasteiger partial charge in [-0.25, -0.2) is 9.59 Å². The van der Waals surface area contributed by atoms with E-state index in [9.17, 15) is 9.59 Å². The molecule has 1 aromatic heterocycles. The summed E-state index contributed by atoms with van der Waals surface area (Å²) in [7, 11) is 1.57. The number of tetrazole rings is 1. The summed E-state index contributed by atoms with van der Waals surface area (Å²) in [5.74, 6) is -1.00. The number of aromatic nitrogens is 4. The maximum atomic E-state index is 11.9. The second-order valence-corrected chi connectivity index (χ2v) is 4.28. The maximum Gasteiger partial charge on any atom is 0.326 e. The number of nitrogens with zero attached hydrogens (tertiary/aromatic N) is 5. The van der Waals surface area contributed by atoms with Gasteiger partial charge in [0.2, 0.25) is 0 Å². The molecule has 2 amide bonds. The lowest BCUT2D eigenvalue weighted by molar-refractivity contribution is -0.142. The van der Waals surface area contributed by atoms with Gasteiger partial charge in [-0.1, -0.05) is 12.0 Å². The fourth-order valence-corrected chi connectivity index (χ4v) is 2.05. The van der Waals surface area contributed by atoms with Crippen molar-refractivity contribution in [2.24, 2.45) is 13.0 Å². The van der Waals surface area contributed by atoms with Gasteiger partial charge in [-0.3, -0.25) is 5.32 Å². The van der Waals surface area contributed by atoms with Gasteiger partial charge in [0.25, 0.3) is 5.95 Å². The first-order valence-corrected chi connectivity index (χ1v) is 5.53. The number of urea groups is 1. The Bertz CT molecular complexity index is 473. The van der Waals surface area contributed by atoms with Crippen LogP contribution in [0.3, 0.4) is 0 Å². The van der Waals surface area contributed by atoms with E-state index in [1.165, 1.54) is 9.70 Å². The average molecular weight is 254 g/mol. The smallest absolute Gasteiger partial charge is 0.326 e. The molecule has 1 aliphatic heterocycles. The van der Waals surface area contributed by atoms with Crippen molar-refractivity contribution >= 4 is 17.9 Å². The van der Waals surface area contributed by atoms with Crippen molar-refractivity contribution in [2.75, 3.05) is 11.9 Å². The van der Waals surface area contributed by atoms with Crippen LogP contribution in [-0.4, -0.2) is 54.8 Å². The van der Waals surface area contributed by atoms with Gasteiger partial charge in [0, 0.05) is 6.54 Å². The first-order chi connectivity index (χ1) is 8.49. The third-order valence-corrected chi connectivity index (χ3v) is 2.94. The van der Waals surface area contributed by atoms with Gasteiger partial charge in [0.05, 0.1) is 7.05 Å². The third-order valence-electron chi connectivity index (χ3n) is 2.94. The minimum atomic E-state index is -0.998. The number of hydrogen-bond donors (Lipinski definition) is 2. The lowest BCUT2D eigenvalue weighted by Gasteiger charge is -2.22. The van der Waals surface area contributed by atoms with E-state index in [2.05, 4.69) is 20.7 Å². The second kappa shape index (κ2) is 4.59. The molecule has 0 radical (unpaired) electrons. The molecule has 2 atom stereocenters. The molecule has 98 valence electrons. The standard InChI is InChI=1S/C9H14N6O3/c1-5-3-4-15(6(5)7(16)17)9(18)10-8-11-13-14(2)12-8/h5-6H,3-4H2,1-2H3,(H,16,17)(H,10,12,18). The van der Waals surface area contributed by atoms with Gasteiger partial charge >= 0.3 is 12.0 Å². The number of nitrogens with one attached hydrogen (secondary N) is 1. The molecule has 1 saturated heterocycles. The number of carboxylic acid groups (broad SMARTS) is 1. The lowest BCUT2D eigenvalue weighted by Crippen LogP contribution is -2.45. The summed E-state index contributed by atoms with van der Waals surface area (Å²) < 4.78 is 0. The number of carbonyl (C=O) groups excluding carboxylic acids is 1. The Morgan fingerprint density at radius 1 is 1.50 bits per heavy atom. The zero-order valence-corrected chi connectivity index (χ0v) is 10.1. The van der Waals surface area contributed by atoms with Gasteiger partial charge < -0.3 is 10.0 Å². The molecule has 0 bridgehead atoms. The Hall–Kier alpha value is -2.19. The van der Waals surface area contributed by atoms with Gasteiger partial charge in [-0.05, 0) is 17.6 Å². The van der Waals surface area contributed by atoms with Gasteiger partial charge in [-0.2, -0.15) is 4.80 Å². The van der Waals surface area contributed by atoms with Crippen molar-refractivity contribution in [3.05, 3.63) is 0 Å². The molecule has 0 aromatic carbocycles. The highest BCUT2D eigenvalue weighted by Gasteiger charge is 2.39. The van der Waals surface area contributed by atoms with Crippen molar-refractivity contribution < 1.29 is 14.7 Å². The van der Waals surface area contributed by atoms with E-state index >= 15 is 0 Å². The summed E-state index contributed by atoms with van der Waals surface area (Å²) in [6, 6.07) is -1.32. The number of anilines is 1. The van der Waals surface area contributed by atoms with Crippen molar-refractivity contribution in [1.82, 2.24) is 25.1 Å². The SMILES string of the molecule is CC1CCN(C(=O)Nc2nnn(C)n2)C1C(=O)O. The fourth-order valence-electron chi connectivity index (χ4n) is 2.05. The van der Waals surface area contributed by atoms with Crippen LogP contribution in [0.2, 0.25) is 0 Å². The van der Waals surface area contributed by atoms with Crippen LogP contribution in [0.25, 0.3) is 0 Å². The quantitative estimate of drug-likeness (QED) is 0.738. The maximum absolute atomic E-state index is 11.9. The van der Waals surface area contributed by atoms with E-state index in [1.807, 2.05) is 6.92 Å². The summed E-state index contributed by atoms with van der Waals surface area (Å²) in [6.07, 6.45) is 0.665. The Morgan fingerprint density at radius 3 is 2.78 bits per heavy atom. The zero-order valence-electron chi connectivity index (χ0n) is 10.1. The first kappa shape index (κ1) is 12.3.